The summed E-state index contributed by atoms with van der Waals surface area (Å²) in [6.45, 7) is 5.57. The van der Waals surface area contributed by atoms with E-state index in [0.29, 0.717) is 35.5 Å². The van der Waals surface area contributed by atoms with Crippen molar-refractivity contribution in [3.05, 3.63) is 63.2 Å². The van der Waals surface area contributed by atoms with E-state index in [2.05, 4.69) is 0 Å². The van der Waals surface area contributed by atoms with E-state index in [4.69, 9.17) is 9.15 Å². The van der Waals surface area contributed by atoms with Gasteiger partial charge in [-0.3, -0.25) is 0 Å². The first-order chi connectivity index (χ1) is 10.6. The van der Waals surface area contributed by atoms with E-state index in [1.54, 1.807) is 31.2 Å². The van der Waals surface area contributed by atoms with Gasteiger partial charge in [0.05, 0.1) is 11.1 Å². The van der Waals surface area contributed by atoms with Crippen molar-refractivity contribution in [2.45, 2.75) is 40.0 Å². The van der Waals surface area contributed by atoms with E-state index in [-0.39, 0.29) is 0 Å². The largest absolute Gasteiger partial charge is 0.427 e. The SMILES string of the molecule is CCCc1c(CC)oc(=O)c(C)c1OC(=O)c1ccccc1. The van der Waals surface area contributed by atoms with Crippen LogP contribution in [0.4, 0.5) is 0 Å². The van der Waals surface area contributed by atoms with E-state index < -0.39 is 11.6 Å². The van der Waals surface area contributed by atoms with Gasteiger partial charge in [-0.1, -0.05) is 38.5 Å². The van der Waals surface area contributed by atoms with Crippen LogP contribution in [0.1, 0.15) is 47.5 Å². The highest BCUT2D eigenvalue weighted by Gasteiger charge is 2.20. The van der Waals surface area contributed by atoms with Gasteiger partial charge < -0.3 is 9.15 Å². The zero-order valence-electron chi connectivity index (χ0n) is 13.1. The van der Waals surface area contributed by atoms with Crippen molar-refractivity contribution in [1.29, 1.82) is 0 Å². The molecule has 1 aromatic heterocycles. The molecule has 0 aliphatic heterocycles. The Kier molecular flexibility index (Phi) is 5.15. The molecule has 2 aromatic rings. The Hall–Kier alpha value is -2.36. The van der Waals surface area contributed by atoms with Crippen LogP contribution < -0.4 is 10.4 Å². The van der Waals surface area contributed by atoms with Gasteiger partial charge in [-0.25, -0.2) is 9.59 Å². The monoisotopic (exact) mass is 300 g/mol. The fourth-order valence-electron chi connectivity index (χ4n) is 2.35. The van der Waals surface area contributed by atoms with E-state index >= 15 is 0 Å². The third kappa shape index (κ3) is 3.27. The van der Waals surface area contributed by atoms with Crippen molar-refractivity contribution in [1.82, 2.24) is 0 Å². The van der Waals surface area contributed by atoms with Crippen LogP contribution >= 0.6 is 0 Å². The van der Waals surface area contributed by atoms with E-state index in [0.717, 1.165) is 12.0 Å². The van der Waals surface area contributed by atoms with E-state index in [9.17, 15) is 9.59 Å². The third-order valence-corrected chi connectivity index (χ3v) is 3.50. The highest BCUT2D eigenvalue weighted by Crippen LogP contribution is 2.27. The van der Waals surface area contributed by atoms with Gasteiger partial charge in [-0.05, 0) is 25.5 Å². The number of rotatable bonds is 5. The Morgan fingerprint density at radius 3 is 2.45 bits per heavy atom. The quantitative estimate of drug-likeness (QED) is 0.790. The van der Waals surface area contributed by atoms with Gasteiger partial charge in [-0.2, -0.15) is 0 Å². The standard InChI is InChI=1S/C18H20O4/c1-4-9-14-15(5-2)21-17(19)12(3)16(14)22-18(20)13-10-7-6-8-11-13/h6-8,10-11H,4-5,9H2,1-3H3. The van der Waals surface area contributed by atoms with Gasteiger partial charge in [-0.15, -0.1) is 0 Å². The number of hydrogen-bond acceptors (Lipinski definition) is 4. The molecule has 0 amide bonds. The topological polar surface area (TPSA) is 56.5 Å². The summed E-state index contributed by atoms with van der Waals surface area (Å²) in [5.74, 6) is 0.478. The fourth-order valence-corrected chi connectivity index (χ4v) is 2.35. The van der Waals surface area contributed by atoms with Crippen molar-refractivity contribution in [2.75, 3.05) is 0 Å². The summed E-state index contributed by atoms with van der Waals surface area (Å²) in [4.78, 5) is 24.2. The number of benzene rings is 1. The number of carbonyl (C=O) groups excluding carboxylic acids is 1. The molecular formula is C18H20O4. The molecule has 22 heavy (non-hydrogen) atoms. The molecule has 0 saturated heterocycles. The number of aryl methyl sites for hydroxylation is 1. The average Bonchev–Trinajstić information content (AvgIpc) is 2.54. The number of ether oxygens (including phenoxy) is 1. The summed E-state index contributed by atoms with van der Waals surface area (Å²) in [5, 5.41) is 0. The average molecular weight is 300 g/mol. The number of carbonyl (C=O) groups is 1. The molecule has 0 bridgehead atoms. The van der Waals surface area contributed by atoms with Crippen LogP contribution in [0.5, 0.6) is 5.75 Å². The maximum absolute atomic E-state index is 12.3. The smallest absolute Gasteiger partial charge is 0.343 e. The molecule has 0 radical (unpaired) electrons. The van der Waals surface area contributed by atoms with Crippen LogP contribution in [0.25, 0.3) is 0 Å². The lowest BCUT2D eigenvalue weighted by Crippen LogP contribution is -2.17. The van der Waals surface area contributed by atoms with Gasteiger partial charge >= 0.3 is 11.6 Å². The first-order valence-corrected chi connectivity index (χ1v) is 7.51. The first kappa shape index (κ1) is 16.0. The third-order valence-electron chi connectivity index (χ3n) is 3.50. The summed E-state index contributed by atoms with van der Waals surface area (Å²) in [5.41, 5.74) is 1.15. The van der Waals surface area contributed by atoms with Gasteiger partial charge in [0, 0.05) is 12.0 Å². The van der Waals surface area contributed by atoms with Gasteiger partial charge in [0.1, 0.15) is 11.5 Å². The summed E-state index contributed by atoms with van der Waals surface area (Å²) >= 11 is 0. The second-order valence-electron chi connectivity index (χ2n) is 5.10. The lowest BCUT2D eigenvalue weighted by molar-refractivity contribution is 0.0730. The predicted octanol–water partition coefficient (Wildman–Crippen LogP) is 3.68. The molecule has 0 aliphatic carbocycles. The Morgan fingerprint density at radius 2 is 1.86 bits per heavy atom. The van der Waals surface area contributed by atoms with Crippen molar-refractivity contribution in [2.24, 2.45) is 0 Å². The van der Waals surface area contributed by atoms with Crippen LogP contribution in [0.2, 0.25) is 0 Å². The van der Waals surface area contributed by atoms with Crippen LogP contribution in [0, 0.1) is 6.92 Å². The van der Waals surface area contributed by atoms with Crippen molar-refractivity contribution < 1.29 is 13.9 Å². The van der Waals surface area contributed by atoms with Gasteiger partial charge in [0.15, 0.2) is 0 Å². The minimum atomic E-state index is -0.464. The zero-order chi connectivity index (χ0) is 16.1. The minimum absolute atomic E-state index is 0.338. The fraction of sp³-hybridized carbons (Fsp3) is 0.333. The molecule has 0 saturated carbocycles. The van der Waals surface area contributed by atoms with Crippen LogP contribution in [-0.2, 0) is 12.8 Å². The summed E-state index contributed by atoms with van der Waals surface area (Å²) < 4.78 is 10.9. The molecule has 116 valence electrons. The normalized spacial score (nSPS) is 10.5. The number of hydrogen-bond donors (Lipinski definition) is 0. The molecule has 0 N–H and O–H groups in total. The number of esters is 1. The zero-order valence-corrected chi connectivity index (χ0v) is 13.1. The highest BCUT2D eigenvalue weighted by molar-refractivity contribution is 5.91. The highest BCUT2D eigenvalue weighted by atomic mass is 16.5. The molecule has 0 atom stereocenters. The van der Waals surface area contributed by atoms with Crippen molar-refractivity contribution >= 4 is 5.97 Å². The summed E-state index contributed by atoms with van der Waals surface area (Å²) in [6.07, 6.45) is 2.15. The molecule has 0 unspecified atom stereocenters. The summed E-state index contributed by atoms with van der Waals surface area (Å²) in [7, 11) is 0. The maximum Gasteiger partial charge on any atom is 0.343 e. The molecule has 1 aromatic carbocycles. The summed E-state index contributed by atoms with van der Waals surface area (Å²) in [6, 6.07) is 8.74. The van der Waals surface area contributed by atoms with Crippen molar-refractivity contribution in [3.63, 3.8) is 0 Å². The lowest BCUT2D eigenvalue weighted by atomic mass is 10.0. The van der Waals surface area contributed by atoms with Crippen LogP contribution in [0.3, 0.4) is 0 Å². The Labute approximate surface area is 129 Å². The van der Waals surface area contributed by atoms with E-state index in [1.165, 1.54) is 0 Å². The Bertz CT molecular complexity index is 714. The van der Waals surface area contributed by atoms with Crippen molar-refractivity contribution in [3.8, 4) is 5.75 Å². The lowest BCUT2D eigenvalue weighted by Gasteiger charge is -2.14. The second kappa shape index (κ2) is 7.07. The molecular weight excluding hydrogens is 280 g/mol. The molecule has 0 aliphatic rings. The molecule has 1 heterocycles. The van der Waals surface area contributed by atoms with E-state index in [1.807, 2.05) is 19.9 Å². The molecule has 4 heteroatoms. The minimum Gasteiger partial charge on any atom is -0.427 e. The molecule has 0 spiro atoms. The maximum atomic E-state index is 12.3. The van der Waals surface area contributed by atoms with Gasteiger partial charge in [0.2, 0.25) is 0 Å². The Morgan fingerprint density at radius 1 is 1.18 bits per heavy atom. The molecule has 4 nitrogen and oxygen atoms in total. The second-order valence-corrected chi connectivity index (χ2v) is 5.10. The molecule has 0 fully saturated rings. The predicted molar refractivity (Wildman–Crippen MR) is 84.5 cm³/mol. The first-order valence-electron chi connectivity index (χ1n) is 7.51. The Balaban J connectivity index is 2.47. The van der Waals surface area contributed by atoms with Gasteiger partial charge in [0.25, 0.3) is 0 Å². The molecule has 2 rings (SSSR count). The van der Waals surface area contributed by atoms with Crippen LogP contribution in [-0.4, -0.2) is 5.97 Å². The van der Waals surface area contributed by atoms with Crippen LogP contribution in [0.15, 0.2) is 39.5 Å².